The summed E-state index contributed by atoms with van der Waals surface area (Å²) in [4.78, 5) is 28.7. The third-order valence-corrected chi connectivity index (χ3v) is 6.04. The molecule has 2 aliphatic rings. The van der Waals surface area contributed by atoms with Gasteiger partial charge >= 0.3 is 6.09 Å². The molecule has 1 heterocycles. The topological polar surface area (TPSA) is 82.3 Å². The van der Waals surface area contributed by atoms with Crippen LogP contribution < -0.4 is 5.73 Å². The van der Waals surface area contributed by atoms with Crippen LogP contribution in [0.5, 0.6) is 0 Å². The Hall–Kier alpha value is -2.76. The third kappa shape index (κ3) is 4.63. The summed E-state index contributed by atoms with van der Waals surface area (Å²) in [6.45, 7) is -0.0299. The maximum absolute atomic E-state index is 13.3. The van der Waals surface area contributed by atoms with E-state index in [9.17, 15) is 14.0 Å². The zero-order chi connectivity index (χ0) is 20.4. The maximum atomic E-state index is 13.3. The number of amides is 1. The number of primary amides is 1. The first-order valence-electron chi connectivity index (χ1n) is 10.2. The van der Waals surface area contributed by atoms with E-state index in [1.54, 1.807) is 6.07 Å². The Bertz CT molecular complexity index is 901. The largest absolute Gasteiger partial charge is 0.443 e. The van der Waals surface area contributed by atoms with Crippen molar-refractivity contribution < 1.29 is 18.7 Å². The van der Waals surface area contributed by atoms with Crippen molar-refractivity contribution in [2.45, 2.75) is 57.0 Å². The highest BCUT2D eigenvalue weighted by Gasteiger charge is 2.34. The summed E-state index contributed by atoms with van der Waals surface area (Å²) < 4.78 is 18.0. The summed E-state index contributed by atoms with van der Waals surface area (Å²) in [6.07, 6.45) is 4.72. The van der Waals surface area contributed by atoms with Crippen LogP contribution in [0.1, 0.15) is 77.7 Å². The number of benzene rings is 1. The Balaban J connectivity index is 1.46. The second kappa shape index (κ2) is 8.31. The second-order valence-electron chi connectivity index (χ2n) is 8.09. The number of ketones is 1. The Kier molecular flexibility index (Phi) is 5.60. The Labute approximate surface area is 169 Å². The molecule has 2 fully saturated rings. The van der Waals surface area contributed by atoms with Gasteiger partial charge in [-0.2, -0.15) is 0 Å². The van der Waals surface area contributed by atoms with Gasteiger partial charge in [-0.3, -0.25) is 4.79 Å². The van der Waals surface area contributed by atoms with E-state index in [4.69, 9.17) is 10.5 Å². The summed E-state index contributed by atoms with van der Waals surface area (Å²) in [6, 6.07) is 10.4. The molecule has 1 aromatic carbocycles. The van der Waals surface area contributed by atoms with E-state index in [0.717, 1.165) is 49.7 Å². The lowest BCUT2D eigenvalue weighted by Gasteiger charge is -2.28. The number of hydrogen-bond acceptors (Lipinski definition) is 4. The van der Waals surface area contributed by atoms with Gasteiger partial charge < -0.3 is 10.5 Å². The highest BCUT2D eigenvalue weighted by molar-refractivity contribution is 5.97. The van der Waals surface area contributed by atoms with Crippen LogP contribution in [0.3, 0.4) is 0 Å². The summed E-state index contributed by atoms with van der Waals surface area (Å²) in [5.41, 5.74) is 8.26. The molecular formula is C23H25FN2O3. The van der Waals surface area contributed by atoms with E-state index in [1.165, 1.54) is 12.1 Å². The molecule has 2 N–H and O–H groups in total. The van der Waals surface area contributed by atoms with Crippen molar-refractivity contribution in [3.63, 3.8) is 0 Å². The number of hydrogen-bond donors (Lipinski definition) is 1. The average Bonchev–Trinajstić information content (AvgIpc) is 3.57. The highest BCUT2D eigenvalue weighted by Crippen LogP contribution is 2.43. The van der Waals surface area contributed by atoms with Crippen LogP contribution in [0.25, 0.3) is 0 Å². The monoisotopic (exact) mass is 396 g/mol. The van der Waals surface area contributed by atoms with Gasteiger partial charge in [0.05, 0.1) is 5.69 Å². The van der Waals surface area contributed by atoms with Gasteiger partial charge in [0, 0.05) is 5.92 Å². The van der Waals surface area contributed by atoms with Crippen molar-refractivity contribution in [2.24, 2.45) is 11.7 Å². The van der Waals surface area contributed by atoms with E-state index in [2.05, 4.69) is 4.98 Å². The van der Waals surface area contributed by atoms with Crippen LogP contribution in [0.2, 0.25) is 0 Å². The van der Waals surface area contributed by atoms with Crippen LogP contribution in [-0.4, -0.2) is 16.9 Å². The fourth-order valence-electron chi connectivity index (χ4n) is 4.27. The van der Waals surface area contributed by atoms with Gasteiger partial charge in [-0.1, -0.05) is 18.2 Å². The number of carbonyl (C=O) groups excluding carboxylic acids is 2. The van der Waals surface area contributed by atoms with Gasteiger partial charge in [-0.15, -0.1) is 0 Å². The van der Waals surface area contributed by atoms with Crippen LogP contribution in [0.4, 0.5) is 9.18 Å². The van der Waals surface area contributed by atoms with Gasteiger partial charge in [-0.25, -0.2) is 14.2 Å². The molecule has 0 unspecified atom stereocenters. The smallest absolute Gasteiger partial charge is 0.404 e. The molecule has 4 rings (SSSR count). The minimum absolute atomic E-state index is 0.0299. The third-order valence-electron chi connectivity index (χ3n) is 6.04. The minimum atomic E-state index is -0.856. The summed E-state index contributed by atoms with van der Waals surface area (Å²) in [5, 5.41) is 0. The van der Waals surface area contributed by atoms with Gasteiger partial charge in [0.15, 0.2) is 5.78 Å². The lowest BCUT2D eigenvalue weighted by molar-refractivity contribution is 0.0876. The molecule has 1 aromatic heterocycles. The lowest BCUT2D eigenvalue weighted by Crippen LogP contribution is -2.24. The molecule has 5 nitrogen and oxygen atoms in total. The van der Waals surface area contributed by atoms with Crippen LogP contribution >= 0.6 is 0 Å². The maximum Gasteiger partial charge on any atom is 0.404 e. The van der Waals surface area contributed by atoms with Crippen molar-refractivity contribution in [3.8, 4) is 0 Å². The molecule has 152 valence electrons. The Morgan fingerprint density at radius 2 is 1.62 bits per heavy atom. The standard InChI is InChI=1S/C23H25FN2O3/c24-18-9-7-15(8-10-18)14-1-5-17(6-2-14)22(27)21-20(16-3-4-16)12-11-19(26-21)13-29-23(25)28/h7-12,14,16-17H,1-6,13H2,(H2,25,28). The predicted octanol–water partition coefficient (Wildman–Crippen LogP) is 4.85. The fourth-order valence-corrected chi connectivity index (χ4v) is 4.27. The zero-order valence-corrected chi connectivity index (χ0v) is 16.3. The summed E-state index contributed by atoms with van der Waals surface area (Å²) in [7, 11) is 0. The number of nitrogens with zero attached hydrogens (tertiary/aromatic N) is 1. The molecule has 0 saturated heterocycles. The normalized spacial score (nSPS) is 21.6. The molecule has 2 saturated carbocycles. The molecule has 2 aromatic rings. The number of aromatic nitrogens is 1. The first-order chi connectivity index (χ1) is 14.0. The van der Waals surface area contributed by atoms with Gasteiger partial charge in [0.25, 0.3) is 0 Å². The fraction of sp³-hybridized carbons (Fsp3) is 0.435. The van der Waals surface area contributed by atoms with Crippen molar-refractivity contribution >= 4 is 11.9 Å². The molecule has 29 heavy (non-hydrogen) atoms. The number of carbonyl (C=O) groups is 2. The number of halogens is 1. The van der Waals surface area contributed by atoms with Crippen molar-refractivity contribution in [3.05, 3.63) is 64.7 Å². The molecule has 2 aliphatic carbocycles. The number of rotatable bonds is 6. The number of pyridine rings is 1. The van der Waals surface area contributed by atoms with Crippen LogP contribution in [0, 0.1) is 11.7 Å². The quantitative estimate of drug-likeness (QED) is 0.708. The van der Waals surface area contributed by atoms with E-state index >= 15 is 0 Å². The lowest BCUT2D eigenvalue weighted by atomic mass is 9.76. The molecule has 1 amide bonds. The molecular weight excluding hydrogens is 371 g/mol. The first-order valence-corrected chi connectivity index (χ1v) is 10.2. The molecule has 0 radical (unpaired) electrons. The number of ether oxygens (including phenoxy) is 1. The van der Waals surface area contributed by atoms with E-state index < -0.39 is 6.09 Å². The van der Waals surface area contributed by atoms with E-state index in [1.807, 2.05) is 18.2 Å². The SMILES string of the molecule is NC(=O)OCc1ccc(C2CC2)c(C(=O)C2CCC(c3ccc(F)cc3)CC2)n1. The molecule has 0 aliphatic heterocycles. The first kappa shape index (κ1) is 19.6. The van der Waals surface area contributed by atoms with Gasteiger partial charge in [0.1, 0.15) is 18.1 Å². The zero-order valence-electron chi connectivity index (χ0n) is 16.3. The van der Waals surface area contributed by atoms with Crippen LogP contribution in [0.15, 0.2) is 36.4 Å². The Morgan fingerprint density at radius 3 is 2.24 bits per heavy atom. The molecule has 0 atom stereocenters. The van der Waals surface area contributed by atoms with Crippen molar-refractivity contribution in [1.29, 1.82) is 0 Å². The number of nitrogens with two attached hydrogens (primary N) is 1. The minimum Gasteiger partial charge on any atom is -0.443 e. The molecule has 0 spiro atoms. The summed E-state index contributed by atoms with van der Waals surface area (Å²) in [5.74, 6) is 0.583. The van der Waals surface area contributed by atoms with E-state index in [-0.39, 0.29) is 24.1 Å². The molecule has 0 bridgehead atoms. The van der Waals surface area contributed by atoms with Crippen molar-refractivity contribution in [1.82, 2.24) is 4.98 Å². The van der Waals surface area contributed by atoms with Crippen LogP contribution in [-0.2, 0) is 11.3 Å². The van der Waals surface area contributed by atoms with Gasteiger partial charge in [0.2, 0.25) is 0 Å². The van der Waals surface area contributed by atoms with E-state index in [0.29, 0.717) is 23.2 Å². The average molecular weight is 396 g/mol. The highest BCUT2D eigenvalue weighted by atomic mass is 19.1. The van der Waals surface area contributed by atoms with Gasteiger partial charge in [-0.05, 0) is 79.7 Å². The molecule has 6 heteroatoms. The number of Topliss-reactive ketones (excluding diaryl/α,β-unsaturated/α-hetero) is 1. The predicted molar refractivity (Wildman–Crippen MR) is 106 cm³/mol. The summed E-state index contributed by atoms with van der Waals surface area (Å²) >= 11 is 0. The Morgan fingerprint density at radius 1 is 0.966 bits per heavy atom. The second-order valence-corrected chi connectivity index (χ2v) is 8.09. The van der Waals surface area contributed by atoms with Crippen molar-refractivity contribution in [2.75, 3.05) is 0 Å².